The summed E-state index contributed by atoms with van der Waals surface area (Å²) < 4.78 is 29.7. The molecule has 0 atom stereocenters. The zero-order valence-corrected chi connectivity index (χ0v) is 14.1. The second-order valence-corrected chi connectivity index (χ2v) is 7.12. The van der Waals surface area contributed by atoms with Crippen LogP contribution in [0.1, 0.15) is 16.8 Å². The lowest BCUT2D eigenvalue weighted by atomic mass is 10.2. The molecule has 0 aliphatic rings. The second-order valence-electron chi connectivity index (χ2n) is 4.68. The molecule has 2 rings (SSSR count). The van der Waals surface area contributed by atoms with Crippen molar-refractivity contribution in [2.45, 2.75) is 25.7 Å². The number of rotatable bonds is 3. The van der Waals surface area contributed by atoms with Gasteiger partial charge in [-0.25, -0.2) is 8.42 Å². The Morgan fingerprint density at radius 2 is 1.90 bits per heavy atom. The molecule has 1 aromatic carbocycles. The first kappa shape index (κ1) is 15.1. The quantitative estimate of drug-likeness (QED) is 0.918. The SMILES string of the molecule is Cc1cccc(S(=O)(=O)Nc2c(C)c(C)nn2C)c1Br. The summed E-state index contributed by atoms with van der Waals surface area (Å²) in [6.45, 7) is 5.53. The molecular formula is C13H16BrN3O2S. The lowest BCUT2D eigenvalue weighted by molar-refractivity contribution is 0.599. The molecule has 1 N–H and O–H groups in total. The van der Waals surface area contributed by atoms with Crippen LogP contribution >= 0.6 is 15.9 Å². The lowest BCUT2D eigenvalue weighted by Crippen LogP contribution is -2.16. The summed E-state index contributed by atoms with van der Waals surface area (Å²) in [4.78, 5) is 0.218. The molecule has 2 aromatic rings. The number of aromatic nitrogens is 2. The van der Waals surface area contributed by atoms with E-state index in [0.717, 1.165) is 16.8 Å². The van der Waals surface area contributed by atoms with E-state index in [2.05, 4.69) is 25.8 Å². The summed E-state index contributed by atoms with van der Waals surface area (Å²) in [5.74, 6) is 0.482. The molecule has 1 heterocycles. The highest BCUT2D eigenvalue weighted by Gasteiger charge is 2.21. The largest absolute Gasteiger partial charge is 0.264 e. The van der Waals surface area contributed by atoms with Gasteiger partial charge in [-0.05, 0) is 48.3 Å². The first-order valence-corrected chi connectivity index (χ1v) is 8.30. The van der Waals surface area contributed by atoms with Crippen molar-refractivity contribution in [1.29, 1.82) is 0 Å². The molecule has 20 heavy (non-hydrogen) atoms. The standard InChI is InChI=1S/C13H16BrN3O2S/c1-8-6-5-7-11(12(8)14)20(18,19)16-13-9(2)10(3)15-17(13)4/h5-7,16H,1-4H3. The van der Waals surface area contributed by atoms with Gasteiger partial charge in [0.05, 0.1) is 5.69 Å². The number of hydrogen-bond acceptors (Lipinski definition) is 3. The average molecular weight is 358 g/mol. The van der Waals surface area contributed by atoms with Crippen molar-refractivity contribution in [2.75, 3.05) is 4.72 Å². The highest BCUT2D eigenvalue weighted by Crippen LogP contribution is 2.28. The van der Waals surface area contributed by atoms with E-state index in [9.17, 15) is 8.42 Å². The Morgan fingerprint density at radius 1 is 1.25 bits per heavy atom. The van der Waals surface area contributed by atoms with E-state index in [-0.39, 0.29) is 4.90 Å². The summed E-state index contributed by atoms with van der Waals surface area (Å²) in [5, 5.41) is 4.21. The van der Waals surface area contributed by atoms with Crippen molar-refractivity contribution in [1.82, 2.24) is 9.78 Å². The zero-order chi connectivity index (χ0) is 15.1. The summed E-state index contributed by atoms with van der Waals surface area (Å²) in [5.41, 5.74) is 2.49. The van der Waals surface area contributed by atoms with Crippen molar-refractivity contribution in [3.05, 3.63) is 39.5 Å². The molecule has 0 aliphatic carbocycles. The minimum absolute atomic E-state index is 0.218. The maximum Gasteiger partial charge on any atom is 0.264 e. The third-order valence-corrected chi connectivity index (χ3v) is 5.89. The molecule has 1 aromatic heterocycles. The Bertz CT molecular complexity index is 766. The minimum Gasteiger partial charge on any atom is -0.263 e. The molecule has 7 heteroatoms. The number of aryl methyl sites for hydroxylation is 3. The number of anilines is 1. The first-order chi connectivity index (χ1) is 9.24. The Hall–Kier alpha value is -1.34. The molecule has 0 radical (unpaired) electrons. The van der Waals surface area contributed by atoms with Gasteiger partial charge in [-0.15, -0.1) is 0 Å². The van der Waals surface area contributed by atoms with Gasteiger partial charge in [-0.2, -0.15) is 5.10 Å². The maximum absolute atomic E-state index is 12.5. The summed E-state index contributed by atoms with van der Waals surface area (Å²) >= 11 is 3.33. The molecule has 0 fully saturated rings. The zero-order valence-electron chi connectivity index (χ0n) is 11.7. The Kier molecular flexibility index (Phi) is 3.93. The van der Waals surface area contributed by atoms with Gasteiger partial charge in [0.25, 0.3) is 10.0 Å². The minimum atomic E-state index is -3.66. The Morgan fingerprint density at radius 3 is 2.45 bits per heavy atom. The van der Waals surface area contributed by atoms with E-state index in [0.29, 0.717) is 10.3 Å². The van der Waals surface area contributed by atoms with Crippen LogP contribution in [0.3, 0.4) is 0 Å². The van der Waals surface area contributed by atoms with Crippen LogP contribution in [0.15, 0.2) is 27.6 Å². The average Bonchev–Trinajstić information content (AvgIpc) is 2.59. The van der Waals surface area contributed by atoms with Crippen LogP contribution in [0, 0.1) is 20.8 Å². The number of hydrogen-bond donors (Lipinski definition) is 1. The van der Waals surface area contributed by atoms with E-state index in [1.807, 2.05) is 26.8 Å². The van der Waals surface area contributed by atoms with Crippen molar-refractivity contribution in [3.8, 4) is 0 Å². The second kappa shape index (κ2) is 5.21. The molecule has 0 aliphatic heterocycles. The maximum atomic E-state index is 12.5. The van der Waals surface area contributed by atoms with Gasteiger partial charge in [-0.3, -0.25) is 9.40 Å². The van der Waals surface area contributed by atoms with Crippen molar-refractivity contribution in [2.24, 2.45) is 7.05 Å². The van der Waals surface area contributed by atoms with Crippen LogP contribution in [0.25, 0.3) is 0 Å². The molecular weight excluding hydrogens is 342 g/mol. The molecule has 0 saturated heterocycles. The van der Waals surface area contributed by atoms with E-state index in [1.165, 1.54) is 4.68 Å². The number of halogens is 1. The molecule has 0 saturated carbocycles. The van der Waals surface area contributed by atoms with E-state index >= 15 is 0 Å². The van der Waals surface area contributed by atoms with Crippen LogP contribution in [0.2, 0.25) is 0 Å². The smallest absolute Gasteiger partial charge is 0.263 e. The van der Waals surface area contributed by atoms with Crippen LogP contribution < -0.4 is 4.72 Å². The molecule has 0 amide bonds. The number of sulfonamides is 1. The van der Waals surface area contributed by atoms with Crippen LogP contribution in [-0.4, -0.2) is 18.2 Å². The first-order valence-electron chi connectivity index (χ1n) is 6.02. The van der Waals surface area contributed by atoms with Gasteiger partial charge >= 0.3 is 0 Å². The summed E-state index contributed by atoms with van der Waals surface area (Å²) in [6, 6.07) is 5.14. The van der Waals surface area contributed by atoms with Gasteiger partial charge in [0.15, 0.2) is 0 Å². The normalized spacial score (nSPS) is 11.7. The lowest BCUT2D eigenvalue weighted by Gasteiger charge is -2.11. The Labute approximate surface area is 127 Å². The fourth-order valence-electron chi connectivity index (χ4n) is 1.92. The predicted octanol–water partition coefficient (Wildman–Crippen LogP) is 2.91. The fraction of sp³-hybridized carbons (Fsp3) is 0.308. The number of benzene rings is 1. The topological polar surface area (TPSA) is 64.0 Å². The molecule has 0 spiro atoms. The fourth-order valence-corrected chi connectivity index (χ4v) is 4.12. The Balaban J connectivity index is 2.49. The van der Waals surface area contributed by atoms with Crippen LogP contribution in [0.4, 0.5) is 5.82 Å². The third-order valence-electron chi connectivity index (χ3n) is 3.20. The van der Waals surface area contributed by atoms with Gasteiger partial charge in [-0.1, -0.05) is 12.1 Å². The molecule has 5 nitrogen and oxygen atoms in total. The van der Waals surface area contributed by atoms with Gasteiger partial charge < -0.3 is 0 Å². The molecule has 0 bridgehead atoms. The van der Waals surface area contributed by atoms with Crippen LogP contribution in [-0.2, 0) is 17.1 Å². The van der Waals surface area contributed by atoms with Gasteiger partial charge in [0, 0.05) is 17.1 Å². The molecule has 108 valence electrons. The van der Waals surface area contributed by atoms with Crippen LogP contribution in [0.5, 0.6) is 0 Å². The number of nitrogens with one attached hydrogen (secondary N) is 1. The van der Waals surface area contributed by atoms with Crippen molar-refractivity contribution < 1.29 is 8.42 Å². The monoisotopic (exact) mass is 357 g/mol. The van der Waals surface area contributed by atoms with Crippen molar-refractivity contribution >= 4 is 31.8 Å². The van der Waals surface area contributed by atoms with E-state index in [4.69, 9.17) is 0 Å². The highest BCUT2D eigenvalue weighted by molar-refractivity contribution is 9.10. The summed E-state index contributed by atoms with van der Waals surface area (Å²) in [7, 11) is -1.94. The third kappa shape index (κ3) is 2.60. The van der Waals surface area contributed by atoms with Gasteiger partial charge in [0.2, 0.25) is 0 Å². The summed E-state index contributed by atoms with van der Waals surface area (Å²) in [6.07, 6.45) is 0. The molecule has 0 unspecified atom stereocenters. The van der Waals surface area contributed by atoms with Gasteiger partial charge in [0.1, 0.15) is 10.7 Å². The number of nitrogens with zero attached hydrogens (tertiary/aromatic N) is 2. The predicted molar refractivity (Wildman–Crippen MR) is 82.4 cm³/mol. The van der Waals surface area contributed by atoms with E-state index < -0.39 is 10.0 Å². The van der Waals surface area contributed by atoms with E-state index in [1.54, 1.807) is 19.2 Å². The van der Waals surface area contributed by atoms with Crippen molar-refractivity contribution in [3.63, 3.8) is 0 Å². The highest BCUT2D eigenvalue weighted by atomic mass is 79.9.